The van der Waals surface area contributed by atoms with Gasteiger partial charge in [0.1, 0.15) is 0 Å². The number of halogens is 3. The van der Waals surface area contributed by atoms with Crippen LogP contribution in [0.25, 0.3) is 0 Å². The van der Waals surface area contributed by atoms with Crippen molar-refractivity contribution < 1.29 is 0 Å². The van der Waals surface area contributed by atoms with Gasteiger partial charge in [-0.2, -0.15) is 0 Å². The van der Waals surface area contributed by atoms with Crippen molar-refractivity contribution in [3.8, 4) is 0 Å². The molecule has 0 aromatic heterocycles. The van der Waals surface area contributed by atoms with Crippen molar-refractivity contribution in [1.82, 2.24) is 0 Å². The van der Waals surface area contributed by atoms with E-state index in [0.717, 1.165) is 19.5 Å². The van der Waals surface area contributed by atoms with E-state index in [1.54, 1.807) is 0 Å². The predicted molar refractivity (Wildman–Crippen MR) is 61.2 cm³/mol. The molecule has 0 N–H and O–H groups in total. The lowest BCUT2D eigenvalue weighted by molar-refractivity contribution is 1.12. The van der Waals surface area contributed by atoms with Crippen LogP contribution >= 0.6 is 50.1 Å². The second kappa shape index (κ2) is 4.10. The maximum Gasteiger partial charge on any atom is 0.0553 e. The molecule has 60 valence electrons. The van der Waals surface area contributed by atoms with Crippen LogP contribution in [0, 0.1) is 3.57 Å². The van der Waals surface area contributed by atoms with Crippen LogP contribution in [-0.4, -0.2) is 0 Å². The normalized spacial score (nSPS) is 10.2. The predicted octanol–water partition coefficient (Wildman–Crippen LogP) is 4.27. The van der Waals surface area contributed by atoms with Crippen molar-refractivity contribution in [2.45, 2.75) is 13.3 Å². The Bertz CT molecular complexity index is 273. The molecule has 1 aromatic carbocycles. The maximum absolute atomic E-state index is 5.96. The largest absolute Gasteiger partial charge is 0.0831 e. The molecule has 0 amide bonds. The molecule has 0 saturated carbocycles. The lowest BCUT2D eigenvalue weighted by Gasteiger charge is -2.03. The SMILES string of the molecule is CCc1cc(Br)cc(Cl)c1I. The van der Waals surface area contributed by atoms with E-state index < -0.39 is 0 Å². The summed E-state index contributed by atoms with van der Waals surface area (Å²) in [7, 11) is 0. The zero-order valence-corrected chi connectivity index (χ0v) is 10.5. The lowest BCUT2D eigenvalue weighted by atomic mass is 10.2. The summed E-state index contributed by atoms with van der Waals surface area (Å²) in [4.78, 5) is 0. The van der Waals surface area contributed by atoms with Crippen LogP contribution in [0.5, 0.6) is 0 Å². The van der Waals surface area contributed by atoms with Gasteiger partial charge in [0.2, 0.25) is 0 Å². The lowest BCUT2D eigenvalue weighted by Crippen LogP contribution is -1.86. The molecular weight excluding hydrogens is 338 g/mol. The fraction of sp³-hybridized carbons (Fsp3) is 0.250. The van der Waals surface area contributed by atoms with Gasteiger partial charge in [-0.15, -0.1) is 0 Å². The fourth-order valence-electron chi connectivity index (χ4n) is 0.867. The number of hydrogen-bond donors (Lipinski definition) is 0. The molecule has 0 atom stereocenters. The fourth-order valence-corrected chi connectivity index (χ4v) is 2.44. The number of benzene rings is 1. The molecule has 3 heteroatoms. The highest BCUT2D eigenvalue weighted by Gasteiger charge is 2.03. The summed E-state index contributed by atoms with van der Waals surface area (Å²) in [6.45, 7) is 2.13. The third kappa shape index (κ3) is 2.33. The molecule has 0 aliphatic carbocycles. The number of aryl methyl sites for hydroxylation is 1. The summed E-state index contributed by atoms with van der Waals surface area (Å²) < 4.78 is 2.22. The van der Waals surface area contributed by atoms with Gasteiger partial charge in [-0.1, -0.05) is 34.5 Å². The van der Waals surface area contributed by atoms with Crippen molar-refractivity contribution in [3.05, 3.63) is 30.8 Å². The van der Waals surface area contributed by atoms with Crippen LogP contribution in [0.4, 0.5) is 0 Å². The Balaban J connectivity index is 3.24. The molecular formula is C8H7BrClI. The second-order valence-corrected chi connectivity index (χ2v) is 4.62. The minimum Gasteiger partial charge on any atom is -0.0831 e. The van der Waals surface area contributed by atoms with Crippen LogP contribution in [0.1, 0.15) is 12.5 Å². The van der Waals surface area contributed by atoms with E-state index in [0.29, 0.717) is 0 Å². The topological polar surface area (TPSA) is 0 Å². The molecule has 11 heavy (non-hydrogen) atoms. The van der Waals surface area contributed by atoms with Crippen molar-refractivity contribution in [2.24, 2.45) is 0 Å². The Kier molecular flexibility index (Phi) is 3.65. The van der Waals surface area contributed by atoms with Crippen LogP contribution in [0.3, 0.4) is 0 Å². The average molecular weight is 345 g/mol. The van der Waals surface area contributed by atoms with E-state index in [1.807, 2.05) is 6.07 Å². The molecule has 1 rings (SSSR count). The van der Waals surface area contributed by atoms with Gasteiger partial charge in [-0.05, 0) is 46.7 Å². The van der Waals surface area contributed by atoms with E-state index in [2.05, 4.69) is 51.5 Å². The number of hydrogen-bond acceptors (Lipinski definition) is 0. The van der Waals surface area contributed by atoms with E-state index in [1.165, 1.54) is 5.56 Å². The highest BCUT2D eigenvalue weighted by atomic mass is 127. The van der Waals surface area contributed by atoms with Gasteiger partial charge in [0.15, 0.2) is 0 Å². The Hall–Kier alpha value is 0.720. The first kappa shape index (κ1) is 9.81. The molecule has 0 heterocycles. The maximum atomic E-state index is 5.96. The summed E-state index contributed by atoms with van der Waals surface area (Å²) in [5.41, 5.74) is 1.30. The van der Waals surface area contributed by atoms with E-state index in [-0.39, 0.29) is 0 Å². The Labute approximate surface area is 93.6 Å². The Morgan fingerprint density at radius 3 is 2.73 bits per heavy atom. The van der Waals surface area contributed by atoms with Crippen LogP contribution in [-0.2, 0) is 6.42 Å². The molecule has 0 aliphatic rings. The molecule has 0 nitrogen and oxygen atoms in total. The van der Waals surface area contributed by atoms with E-state index in [9.17, 15) is 0 Å². The summed E-state index contributed by atoms with van der Waals surface area (Å²) in [6, 6.07) is 4.02. The Morgan fingerprint density at radius 1 is 1.55 bits per heavy atom. The van der Waals surface area contributed by atoms with Gasteiger partial charge < -0.3 is 0 Å². The van der Waals surface area contributed by atoms with E-state index >= 15 is 0 Å². The number of rotatable bonds is 1. The monoisotopic (exact) mass is 344 g/mol. The minimum atomic E-state index is 0.830. The highest BCUT2D eigenvalue weighted by molar-refractivity contribution is 14.1. The van der Waals surface area contributed by atoms with Gasteiger partial charge in [0.05, 0.1) is 5.02 Å². The summed E-state index contributed by atoms with van der Waals surface area (Å²) in [6.07, 6.45) is 1.03. The molecule has 1 aromatic rings. The van der Waals surface area contributed by atoms with Crippen LogP contribution in [0.15, 0.2) is 16.6 Å². The smallest absolute Gasteiger partial charge is 0.0553 e. The molecule has 0 spiro atoms. The standard InChI is InChI=1S/C8H7BrClI/c1-2-5-3-6(9)4-7(10)8(5)11/h3-4H,2H2,1H3. The first-order valence-corrected chi connectivity index (χ1v) is 5.53. The molecule has 0 fully saturated rings. The van der Waals surface area contributed by atoms with Crippen molar-refractivity contribution in [3.63, 3.8) is 0 Å². The zero-order valence-electron chi connectivity index (χ0n) is 6.00. The van der Waals surface area contributed by atoms with E-state index in [4.69, 9.17) is 11.6 Å². The molecule has 0 radical (unpaired) electrons. The van der Waals surface area contributed by atoms with Crippen LogP contribution < -0.4 is 0 Å². The quantitative estimate of drug-likeness (QED) is 0.527. The summed E-state index contributed by atoms with van der Waals surface area (Å²) >= 11 is 11.6. The Morgan fingerprint density at radius 2 is 2.18 bits per heavy atom. The zero-order chi connectivity index (χ0) is 8.43. The van der Waals surface area contributed by atoms with Gasteiger partial charge in [-0.3, -0.25) is 0 Å². The highest BCUT2D eigenvalue weighted by Crippen LogP contribution is 2.27. The first-order valence-electron chi connectivity index (χ1n) is 3.28. The van der Waals surface area contributed by atoms with Crippen LogP contribution in [0.2, 0.25) is 5.02 Å². The van der Waals surface area contributed by atoms with Crippen molar-refractivity contribution in [2.75, 3.05) is 0 Å². The van der Waals surface area contributed by atoms with Gasteiger partial charge in [0, 0.05) is 8.04 Å². The van der Waals surface area contributed by atoms with Crippen molar-refractivity contribution in [1.29, 1.82) is 0 Å². The second-order valence-electron chi connectivity index (χ2n) is 2.21. The summed E-state index contributed by atoms with van der Waals surface area (Å²) in [5.74, 6) is 0. The van der Waals surface area contributed by atoms with Gasteiger partial charge >= 0.3 is 0 Å². The van der Waals surface area contributed by atoms with Gasteiger partial charge in [-0.25, -0.2) is 0 Å². The summed E-state index contributed by atoms with van der Waals surface area (Å²) in [5, 5.41) is 0.830. The molecule has 0 unspecified atom stereocenters. The minimum absolute atomic E-state index is 0.830. The van der Waals surface area contributed by atoms with Gasteiger partial charge in [0.25, 0.3) is 0 Å². The third-order valence-corrected chi connectivity index (χ3v) is 3.80. The average Bonchev–Trinajstić information content (AvgIpc) is 1.96. The third-order valence-electron chi connectivity index (χ3n) is 1.45. The van der Waals surface area contributed by atoms with Crippen molar-refractivity contribution >= 4 is 50.1 Å². The molecule has 0 saturated heterocycles. The first-order chi connectivity index (χ1) is 5.15. The molecule has 0 aliphatic heterocycles. The molecule has 0 bridgehead atoms.